The van der Waals surface area contributed by atoms with E-state index in [-0.39, 0.29) is 17.4 Å². The molecular formula is C16H21N3OS. The molecule has 0 bridgehead atoms. The van der Waals surface area contributed by atoms with Crippen molar-refractivity contribution >= 4 is 22.9 Å². The quantitative estimate of drug-likeness (QED) is 0.908. The number of rotatable bonds is 4. The van der Waals surface area contributed by atoms with Crippen molar-refractivity contribution in [3.05, 3.63) is 35.8 Å². The fourth-order valence-electron chi connectivity index (χ4n) is 1.78. The van der Waals surface area contributed by atoms with Crippen molar-refractivity contribution in [2.45, 2.75) is 33.2 Å². The predicted octanol–water partition coefficient (Wildman–Crippen LogP) is 3.51. The zero-order valence-electron chi connectivity index (χ0n) is 12.6. The van der Waals surface area contributed by atoms with Crippen molar-refractivity contribution in [1.29, 1.82) is 0 Å². The van der Waals surface area contributed by atoms with Gasteiger partial charge < -0.3 is 11.1 Å². The molecule has 2 aromatic rings. The maximum atomic E-state index is 12.0. The second kappa shape index (κ2) is 6.37. The first-order valence-corrected chi connectivity index (χ1v) is 7.79. The first-order valence-electron chi connectivity index (χ1n) is 6.91. The second-order valence-electron chi connectivity index (χ2n) is 6.14. The van der Waals surface area contributed by atoms with Gasteiger partial charge in [-0.15, -0.1) is 11.3 Å². The molecule has 112 valence electrons. The number of aromatic nitrogens is 1. The Balaban J connectivity index is 1.96. The third-order valence-corrected chi connectivity index (χ3v) is 4.19. The largest absolute Gasteiger partial charge is 0.327 e. The Morgan fingerprint density at radius 1 is 1.33 bits per heavy atom. The lowest BCUT2D eigenvalue weighted by Gasteiger charge is -2.26. The molecule has 1 atom stereocenters. The van der Waals surface area contributed by atoms with Crippen molar-refractivity contribution < 1.29 is 4.79 Å². The molecule has 2 rings (SSSR count). The average molecular weight is 303 g/mol. The minimum Gasteiger partial charge on any atom is -0.327 e. The van der Waals surface area contributed by atoms with E-state index in [0.29, 0.717) is 6.42 Å². The van der Waals surface area contributed by atoms with Crippen molar-refractivity contribution in [3.63, 3.8) is 0 Å². The Kier molecular flexibility index (Phi) is 4.75. The molecule has 3 N–H and O–H groups in total. The minimum absolute atomic E-state index is 0.0561. The van der Waals surface area contributed by atoms with E-state index in [4.69, 9.17) is 5.73 Å². The van der Waals surface area contributed by atoms with Crippen LogP contribution in [0.25, 0.3) is 10.6 Å². The molecule has 0 aliphatic rings. The number of nitrogens with two attached hydrogens (primary N) is 1. The van der Waals surface area contributed by atoms with E-state index in [1.54, 1.807) is 17.5 Å². The number of carbonyl (C=O) groups excluding carboxylic acids is 1. The van der Waals surface area contributed by atoms with Gasteiger partial charge in [0.1, 0.15) is 5.01 Å². The lowest BCUT2D eigenvalue weighted by Crippen LogP contribution is -2.38. The van der Waals surface area contributed by atoms with Gasteiger partial charge in [-0.2, -0.15) is 0 Å². The highest BCUT2D eigenvalue weighted by atomic mass is 32.1. The number of anilines is 1. The zero-order valence-corrected chi connectivity index (χ0v) is 13.4. The smallest absolute Gasteiger partial charge is 0.225 e. The summed E-state index contributed by atoms with van der Waals surface area (Å²) in [4.78, 5) is 16.2. The summed E-state index contributed by atoms with van der Waals surface area (Å²) < 4.78 is 0. The van der Waals surface area contributed by atoms with Gasteiger partial charge in [-0.3, -0.25) is 4.79 Å². The summed E-state index contributed by atoms with van der Waals surface area (Å²) in [6.07, 6.45) is 2.10. The van der Waals surface area contributed by atoms with E-state index in [2.05, 4.69) is 10.3 Å². The predicted molar refractivity (Wildman–Crippen MR) is 88.2 cm³/mol. The molecule has 1 aromatic heterocycles. The highest BCUT2D eigenvalue weighted by Crippen LogP contribution is 2.24. The van der Waals surface area contributed by atoms with Gasteiger partial charge in [-0.05, 0) is 29.7 Å². The van der Waals surface area contributed by atoms with Crippen LogP contribution in [0.5, 0.6) is 0 Å². The second-order valence-corrected chi connectivity index (χ2v) is 7.03. The zero-order chi connectivity index (χ0) is 15.5. The van der Waals surface area contributed by atoms with Crippen LogP contribution in [0, 0.1) is 5.41 Å². The Bertz CT molecular complexity index is 585. The molecule has 1 heterocycles. The Morgan fingerprint density at radius 2 is 2.00 bits per heavy atom. The van der Waals surface area contributed by atoms with Crippen LogP contribution in [0.15, 0.2) is 35.8 Å². The van der Waals surface area contributed by atoms with Crippen LogP contribution in [-0.4, -0.2) is 16.9 Å². The number of amides is 1. The molecule has 1 amide bonds. The maximum Gasteiger partial charge on any atom is 0.225 e. The molecule has 21 heavy (non-hydrogen) atoms. The molecule has 0 aliphatic heterocycles. The minimum atomic E-state index is -0.160. The van der Waals surface area contributed by atoms with Crippen LogP contribution < -0.4 is 11.1 Å². The van der Waals surface area contributed by atoms with Gasteiger partial charge >= 0.3 is 0 Å². The van der Waals surface area contributed by atoms with E-state index in [1.807, 2.05) is 50.4 Å². The van der Waals surface area contributed by atoms with Gasteiger partial charge in [0.05, 0.1) is 0 Å². The normalized spacial score (nSPS) is 13.0. The molecule has 0 fully saturated rings. The third-order valence-electron chi connectivity index (χ3n) is 3.37. The van der Waals surface area contributed by atoms with E-state index in [1.165, 1.54) is 0 Å². The molecule has 0 saturated heterocycles. The summed E-state index contributed by atoms with van der Waals surface area (Å²) >= 11 is 1.59. The van der Waals surface area contributed by atoms with E-state index < -0.39 is 0 Å². The van der Waals surface area contributed by atoms with E-state index in [9.17, 15) is 4.79 Å². The SMILES string of the molecule is CC(C)(C)C(N)CC(=O)Nc1ccc(-c2nccs2)cc1. The topological polar surface area (TPSA) is 68.0 Å². The standard InChI is InChI=1S/C16H21N3OS/c1-16(2,3)13(17)10-14(20)19-12-6-4-11(5-7-12)15-18-8-9-21-15/h4-9,13H,10,17H2,1-3H3,(H,19,20). The van der Waals surface area contributed by atoms with Crippen LogP contribution in [0.3, 0.4) is 0 Å². The molecule has 0 spiro atoms. The molecule has 0 saturated carbocycles. The first-order chi connectivity index (χ1) is 9.86. The number of hydrogen-bond donors (Lipinski definition) is 2. The number of hydrogen-bond acceptors (Lipinski definition) is 4. The number of thiazole rings is 1. The van der Waals surface area contributed by atoms with E-state index >= 15 is 0 Å². The fourth-order valence-corrected chi connectivity index (χ4v) is 2.42. The van der Waals surface area contributed by atoms with Gasteiger partial charge in [-0.25, -0.2) is 4.98 Å². The lowest BCUT2D eigenvalue weighted by molar-refractivity contribution is -0.117. The highest BCUT2D eigenvalue weighted by Gasteiger charge is 2.23. The molecule has 0 aliphatic carbocycles. The van der Waals surface area contributed by atoms with Gasteiger partial charge in [0, 0.05) is 35.3 Å². The number of benzene rings is 1. The Labute approximate surface area is 129 Å². The fraction of sp³-hybridized carbons (Fsp3) is 0.375. The number of carbonyl (C=O) groups is 1. The van der Waals surface area contributed by atoms with Gasteiger partial charge in [0.25, 0.3) is 0 Å². The van der Waals surface area contributed by atoms with E-state index in [0.717, 1.165) is 16.3 Å². The molecule has 1 aromatic carbocycles. The van der Waals surface area contributed by atoms with Crippen molar-refractivity contribution in [2.24, 2.45) is 11.1 Å². The summed E-state index contributed by atoms with van der Waals surface area (Å²) in [5, 5.41) is 5.80. The van der Waals surface area contributed by atoms with Gasteiger partial charge in [0.15, 0.2) is 0 Å². The monoisotopic (exact) mass is 303 g/mol. The summed E-state index contributed by atoms with van der Waals surface area (Å²) in [6.45, 7) is 6.11. The van der Waals surface area contributed by atoms with Gasteiger partial charge in [-0.1, -0.05) is 20.8 Å². The van der Waals surface area contributed by atoms with Crippen molar-refractivity contribution in [1.82, 2.24) is 4.98 Å². The average Bonchev–Trinajstić information content (AvgIpc) is 2.92. The summed E-state index contributed by atoms with van der Waals surface area (Å²) in [5.41, 5.74) is 7.78. The Hall–Kier alpha value is -1.72. The van der Waals surface area contributed by atoms with Crippen molar-refractivity contribution in [2.75, 3.05) is 5.32 Å². The van der Waals surface area contributed by atoms with Crippen LogP contribution >= 0.6 is 11.3 Å². The molecule has 4 nitrogen and oxygen atoms in total. The van der Waals surface area contributed by atoms with Crippen LogP contribution in [-0.2, 0) is 4.79 Å². The molecule has 1 unspecified atom stereocenters. The van der Waals surface area contributed by atoms with Crippen LogP contribution in [0.1, 0.15) is 27.2 Å². The van der Waals surface area contributed by atoms with Crippen LogP contribution in [0.4, 0.5) is 5.69 Å². The third kappa shape index (κ3) is 4.37. The Morgan fingerprint density at radius 3 is 2.52 bits per heavy atom. The molecule has 5 heteroatoms. The van der Waals surface area contributed by atoms with Gasteiger partial charge in [0.2, 0.25) is 5.91 Å². The summed E-state index contributed by atoms with van der Waals surface area (Å²) in [7, 11) is 0. The highest BCUT2D eigenvalue weighted by molar-refractivity contribution is 7.13. The molecular weight excluding hydrogens is 282 g/mol. The van der Waals surface area contributed by atoms with Crippen LogP contribution in [0.2, 0.25) is 0 Å². The summed E-state index contributed by atoms with van der Waals surface area (Å²) in [5.74, 6) is -0.0561. The van der Waals surface area contributed by atoms with Crippen molar-refractivity contribution in [3.8, 4) is 10.6 Å². The summed E-state index contributed by atoms with van der Waals surface area (Å²) in [6, 6.07) is 7.53. The molecule has 0 radical (unpaired) electrons. The first kappa shape index (κ1) is 15.7. The maximum absolute atomic E-state index is 12.0. The number of nitrogens with zero attached hydrogens (tertiary/aromatic N) is 1. The number of nitrogens with one attached hydrogen (secondary N) is 1. The lowest BCUT2D eigenvalue weighted by atomic mass is 9.85.